The van der Waals surface area contributed by atoms with Gasteiger partial charge >= 0.3 is 0 Å². The zero-order valence-corrected chi connectivity index (χ0v) is 12.6. The summed E-state index contributed by atoms with van der Waals surface area (Å²) in [7, 11) is 0. The molecule has 3 rings (SSSR count). The lowest BCUT2D eigenvalue weighted by atomic mass is 9.96. The number of thiophene rings is 1. The number of fused-ring (bicyclic) bond motifs is 1. The first-order valence-corrected chi connectivity index (χ1v) is 7.85. The van der Waals surface area contributed by atoms with Crippen LogP contribution < -0.4 is 0 Å². The molecule has 0 saturated carbocycles. The first-order chi connectivity index (χ1) is 9.58. The Morgan fingerprint density at radius 3 is 2.85 bits per heavy atom. The predicted molar refractivity (Wildman–Crippen MR) is 82.3 cm³/mol. The molecule has 0 radical (unpaired) electrons. The van der Waals surface area contributed by atoms with Gasteiger partial charge in [0.05, 0.1) is 11.0 Å². The highest BCUT2D eigenvalue weighted by Crippen LogP contribution is 2.32. The Morgan fingerprint density at radius 1 is 1.40 bits per heavy atom. The van der Waals surface area contributed by atoms with Crippen molar-refractivity contribution in [2.75, 3.05) is 13.1 Å². The van der Waals surface area contributed by atoms with Crippen LogP contribution >= 0.6 is 11.3 Å². The minimum absolute atomic E-state index is 0.113. The summed E-state index contributed by atoms with van der Waals surface area (Å²) in [6, 6.07) is 8.15. The van der Waals surface area contributed by atoms with E-state index in [0.29, 0.717) is 19.5 Å². The second-order valence-electron chi connectivity index (χ2n) is 5.64. The van der Waals surface area contributed by atoms with Crippen molar-refractivity contribution in [3.05, 3.63) is 34.7 Å². The zero-order valence-electron chi connectivity index (χ0n) is 11.8. The maximum absolute atomic E-state index is 12.7. The fraction of sp³-hybridized carbons (Fsp3) is 0.438. The first kappa shape index (κ1) is 13.6. The average Bonchev–Trinajstić information content (AvgIpc) is 2.79. The molecule has 1 fully saturated rings. The van der Waals surface area contributed by atoms with Crippen molar-refractivity contribution in [3.63, 3.8) is 0 Å². The Bertz CT molecular complexity index is 649. The molecule has 2 unspecified atom stereocenters. The number of piperidine rings is 1. The third-order valence-electron chi connectivity index (χ3n) is 4.19. The van der Waals surface area contributed by atoms with Gasteiger partial charge in [0.2, 0.25) is 0 Å². The topological polar surface area (TPSA) is 40.5 Å². The highest BCUT2D eigenvalue weighted by Gasteiger charge is 2.29. The van der Waals surface area contributed by atoms with E-state index in [1.54, 1.807) is 11.3 Å². The molecule has 0 spiro atoms. The molecule has 1 saturated heterocycles. The van der Waals surface area contributed by atoms with Gasteiger partial charge in [-0.15, -0.1) is 11.3 Å². The molecular weight excluding hydrogens is 270 g/mol. The summed E-state index contributed by atoms with van der Waals surface area (Å²) < 4.78 is 1.17. The van der Waals surface area contributed by atoms with Crippen molar-refractivity contribution in [1.82, 2.24) is 4.90 Å². The number of benzene rings is 1. The van der Waals surface area contributed by atoms with Gasteiger partial charge < -0.3 is 10.0 Å². The lowest BCUT2D eigenvalue weighted by molar-refractivity contribution is 0.0300. The van der Waals surface area contributed by atoms with Crippen LogP contribution in [0.4, 0.5) is 0 Å². The van der Waals surface area contributed by atoms with Crippen molar-refractivity contribution in [1.29, 1.82) is 0 Å². The Kier molecular flexibility index (Phi) is 3.52. The Labute approximate surface area is 122 Å². The fourth-order valence-electron chi connectivity index (χ4n) is 2.84. The molecule has 2 heterocycles. The number of hydrogen-bond acceptors (Lipinski definition) is 3. The first-order valence-electron chi connectivity index (χ1n) is 7.03. The molecule has 2 aromatic rings. The van der Waals surface area contributed by atoms with Crippen LogP contribution in [0.25, 0.3) is 10.1 Å². The molecule has 2 atom stereocenters. The van der Waals surface area contributed by atoms with Crippen LogP contribution in [-0.2, 0) is 0 Å². The molecule has 1 amide bonds. The standard InChI is InChI=1S/C16H19NO2S/c1-10-9-17(8-7-13(10)18)16(19)15-11(2)12-5-3-4-6-14(12)20-15/h3-6,10,13,18H,7-9H2,1-2H3. The van der Waals surface area contributed by atoms with Crippen LogP contribution in [0.2, 0.25) is 0 Å². The van der Waals surface area contributed by atoms with E-state index in [1.807, 2.05) is 30.9 Å². The number of likely N-dealkylation sites (tertiary alicyclic amines) is 1. The third kappa shape index (κ3) is 2.23. The summed E-state index contributed by atoms with van der Waals surface area (Å²) in [6.07, 6.45) is 0.402. The number of carbonyl (C=O) groups is 1. The Morgan fingerprint density at radius 2 is 2.15 bits per heavy atom. The molecule has 106 valence electrons. The highest BCUT2D eigenvalue weighted by molar-refractivity contribution is 7.21. The van der Waals surface area contributed by atoms with Crippen molar-refractivity contribution >= 4 is 27.3 Å². The van der Waals surface area contributed by atoms with Gasteiger partial charge in [-0.2, -0.15) is 0 Å². The Hall–Kier alpha value is -1.39. The van der Waals surface area contributed by atoms with Crippen LogP contribution in [0.15, 0.2) is 24.3 Å². The minimum Gasteiger partial charge on any atom is -0.393 e. The summed E-state index contributed by atoms with van der Waals surface area (Å²) in [5.74, 6) is 0.268. The van der Waals surface area contributed by atoms with Gasteiger partial charge in [-0.3, -0.25) is 4.79 Å². The number of aliphatic hydroxyl groups is 1. The van der Waals surface area contributed by atoms with Gasteiger partial charge in [0, 0.05) is 17.8 Å². The van der Waals surface area contributed by atoms with E-state index in [9.17, 15) is 9.90 Å². The minimum atomic E-state index is -0.275. The quantitative estimate of drug-likeness (QED) is 0.876. The molecule has 1 aromatic heterocycles. The lowest BCUT2D eigenvalue weighted by Gasteiger charge is -2.34. The average molecular weight is 289 g/mol. The maximum Gasteiger partial charge on any atom is 0.264 e. The number of hydrogen-bond donors (Lipinski definition) is 1. The molecule has 4 heteroatoms. The van der Waals surface area contributed by atoms with Gasteiger partial charge in [-0.25, -0.2) is 0 Å². The number of nitrogens with zero attached hydrogens (tertiary/aromatic N) is 1. The molecule has 1 aliphatic rings. The van der Waals surface area contributed by atoms with E-state index in [2.05, 4.69) is 12.1 Å². The number of amides is 1. The second kappa shape index (κ2) is 5.19. The molecular formula is C16H19NO2S. The van der Waals surface area contributed by atoms with E-state index >= 15 is 0 Å². The summed E-state index contributed by atoms with van der Waals surface area (Å²) >= 11 is 1.57. The normalized spacial score (nSPS) is 23.2. The molecule has 1 N–H and O–H groups in total. The largest absolute Gasteiger partial charge is 0.393 e. The van der Waals surface area contributed by atoms with E-state index in [0.717, 1.165) is 10.4 Å². The maximum atomic E-state index is 12.7. The summed E-state index contributed by atoms with van der Waals surface area (Å²) in [5, 5.41) is 11.0. The molecule has 3 nitrogen and oxygen atoms in total. The van der Waals surface area contributed by atoms with E-state index in [4.69, 9.17) is 0 Å². The molecule has 0 bridgehead atoms. The summed E-state index contributed by atoms with van der Waals surface area (Å²) in [4.78, 5) is 15.4. The van der Waals surface area contributed by atoms with Gasteiger partial charge in [-0.1, -0.05) is 25.1 Å². The Balaban J connectivity index is 1.91. The van der Waals surface area contributed by atoms with Crippen molar-refractivity contribution in [2.24, 2.45) is 5.92 Å². The van der Waals surface area contributed by atoms with E-state index < -0.39 is 0 Å². The molecule has 1 aromatic carbocycles. The smallest absolute Gasteiger partial charge is 0.264 e. The number of aryl methyl sites for hydroxylation is 1. The monoisotopic (exact) mass is 289 g/mol. The highest BCUT2D eigenvalue weighted by atomic mass is 32.1. The van der Waals surface area contributed by atoms with Gasteiger partial charge in [0.15, 0.2) is 0 Å². The molecule has 0 aliphatic carbocycles. The predicted octanol–water partition coefficient (Wildman–Crippen LogP) is 3.05. The molecule has 1 aliphatic heterocycles. The number of carbonyl (C=O) groups excluding carboxylic acids is 1. The lowest BCUT2D eigenvalue weighted by Crippen LogP contribution is -2.44. The number of rotatable bonds is 1. The van der Waals surface area contributed by atoms with Crippen LogP contribution in [0.1, 0.15) is 28.6 Å². The van der Waals surface area contributed by atoms with Crippen molar-refractivity contribution in [3.8, 4) is 0 Å². The molecule has 20 heavy (non-hydrogen) atoms. The SMILES string of the molecule is Cc1c(C(=O)N2CCC(O)C(C)C2)sc2ccccc12. The van der Waals surface area contributed by atoms with Gasteiger partial charge in [-0.05, 0) is 36.3 Å². The van der Waals surface area contributed by atoms with E-state index in [-0.39, 0.29) is 17.9 Å². The van der Waals surface area contributed by atoms with Gasteiger partial charge in [0.25, 0.3) is 5.91 Å². The van der Waals surface area contributed by atoms with Crippen LogP contribution in [0, 0.1) is 12.8 Å². The summed E-state index contributed by atoms with van der Waals surface area (Å²) in [6.45, 7) is 5.32. The second-order valence-corrected chi connectivity index (χ2v) is 6.69. The van der Waals surface area contributed by atoms with Crippen LogP contribution in [-0.4, -0.2) is 35.1 Å². The third-order valence-corrected chi connectivity index (χ3v) is 5.45. The number of aliphatic hydroxyl groups excluding tert-OH is 1. The van der Waals surface area contributed by atoms with E-state index in [1.165, 1.54) is 10.1 Å². The van der Waals surface area contributed by atoms with Gasteiger partial charge in [0.1, 0.15) is 0 Å². The fourth-order valence-corrected chi connectivity index (χ4v) is 4.02. The van der Waals surface area contributed by atoms with Crippen LogP contribution in [0.3, 0.4) is 0 Å². The van der Waals surface area contributed by atoms with Crippen molar-refractivity contribution in [2.45, 2.75) is 26.4 Å². The zero-order chi connectivity index (χ0) is 14.3. The summed E-state index contributed by atoms with van der Waals surface area (Å²) in [5.41, 5.74) is 1.08. The van der Waals surface area contributed by atoms with Crippen LogP contribution in [0.5, 0.6) is 0 Å². The van der Waals surface area contributed by atoms with Crippen molar-refractivity contribution < 1.29 is 9.90 Å².